The minimum Gasteiger partial charge on any atom is -0.481 e. The number of carbonyl (C=O) groups is 1. The molecule has 0 radical (unpaired) electrons. The molecule has 2 aliphatic carbocycles. The van der Waals surface area contributed by atoms with Crippen LogP contribution in [0.3, 0.4) is 0 Å². The second-order valence-corrected chi connectivity index (χ2v) is 10.8. The Balaban J connectivity index is 1.17. The molecule has 0 amide bonds. The van der Waals surface area contributed by atoms with Gasteiger partial charge < -0.3 is 15.0 Å². The molecule has 1 aliphatic heterocycles. The van der Waals surface area contributed by atoms with E-state index in [4.69, 9.17) is 0 Å². The van der Waals surface area contributed by atoms with Crippen molar-refractivity contribution < 1.29 is 23.1 Å². The van der Waals surface area contributed by atoms with Gasteiger partial charge in [-0.2, -0.15) is 13.2 Å². The van der Waals surface area contributed by atoms with Gasteiger partial charge in [0.15, 0.2) is 0 Å². The molecule has 2 aromatic heterocycles. The van der Waals surface area contributed by atoms with Gasteiger partial charge in [-0.3, -0.25) is 4.79 Å². The van der Waals surface area contributed by atoms with Crippen molar-refractivity contribution >= 4 is 22.8 Å². The van der Waals surface area contributed by atoms with Gasteiger partial charge in [0.1, 0.15) is 11.6 Å². The highest BCUT2D eigenvalue weighted by Gasteiger charge is 2.56. The molecular formula is C27H29F3N4O2. The average molecular weight is 499 g/mol. The van der Waals surface area contributed by atoms with E-state index in [1.54, 1.807) is 6.20 Å². The van der Waals surface area contributed by atoms with E-state index in [1.165, 1.54) is 12.5 Å². The molecule has 3 fully saturated rings. The fourth-order valence-corrected chi connectivity index (χ4v) is 7.20. The molecule has 0 bridgehead atoms. The summed E-state index contributed by atoms with van der Waals surface area (Å²) in [6.45, 7) is 1.71. The molecule has 3 unspecified atom stereocenters. The number of aliphatic carboxylic acids is 1. The number of imidazole rings is 1. The van der Waals surface area contributed by atoms with Crippen LogP contribution in [0.15, 0.2) is 36.5 Å². The van der Waals surface area contributed by atoms with Gasteiger partial charge >= 0.3 is 12.1 Å². The maximum Gasteiger partial charge on any atom is 0.416 e. The number of carboxylic acid groups (broad SMARTS) is 1. The zero-order chi connectivity index (χ0) is 25.1. The number of benzene rings is 1. The van der Waals surface area contributed by atoms with Crippen LogP contribution in [0.4, 0.5) is 19.0 Å². The van der Waals surface area contributed by atoms with Crippen LogP contribution >= 0.6 is 0 Å². The zero-order valence-corrected chi connectivity index (χ0v) is 19.9. The van der Waals surface area contributed by atoms with Crippen molar-refractivity contribution in [1.82, 2.24) is 15.0 Å². The van der Waals surface area contributed by atoms with Crippen molar-refractivity contribution in [2.24, 2.45) is 23.2 Å². The predicted octanol–water partition coefficient (Wildman–Crippen LogP) is 6.14. The monoisotopic (exact) mass is 498 g/mol. The zero-order valence-electron chi connectivity index (χ0n) is 19.9. The summed E-state index contributed by atoms with van der Waals surface area (Å²) >= 11 is 0. The molecule has 1 saturated heterocycles. The van der Waals surface area contributed by atoms with E-state index in [0.29, 0.717) is 34.3 Å². The Bertz CT molecular complexity index is 1280. The van der Waals surface area contributed by atoms with Gasteiger partial charge in [-0.1, -0.05) is 12.8 Å². The maximum absolute atomic E-state index is 13.0. The lowest BCUT2D eigenvalue weighted by molar-refractivity contribution is -0.143. The molecule has 2 N–H and O–H groups in total. The molecule has 36 heavy (non-hydrogen) atoms. The quantitative estimate of drug-likeness (QED) is 0.453. The lowest BCUT2D eigenvalue weighted by Gasteiger charge is -2.45. The molecule has 3 aromatic rings. The van der Waals surface area contributed by atoms with Crippen molar-refractivity contribution in [2.75, 3.05) is 18.0 Å². The Morgan fingerprint density at radius 1 is 1.11 bits per heavy atom. The normalized spacial score (nSPS) is 25.9. The average Bonchev–Trinajstić information content (AvgIpc) is 3.44. The number of aromatic nitrogens is 3. The number of pyridine rings is 1. The number of hydrogen-bond donors (Lipinski definition) is 2. The standard InChI is InChI=1S/C27H29F3N4O2/c28-27(29,30)17-6-7-21-22(13-17)33-24(32-21)16-5-8-23(31-15-16)34-11-9-26(10-12-34)14-19(25(35)36)18-3-1-2-4-20(18)26/h5-8,13,15,18-20H,1-4,9-12,14H2,(H,32,33)(H,35,36). The van der Waals surface area contributed by atoms with Crippen molar-refractivity contribution in [3.05, 3.63) is 42.1 Å². The van der Waals surface area contributed by atoms with Crippen molar-refractivity contribution in [3.63, 3.8) is 0 Å². The SMILES string of the molecule is O=C(O)C1CC2(CCN(c3ccc(-c4nc5ccc(C(F)(F)F)cc5[nH]4)cn3)CC2)C2CCCCC12. The largest absolute Gasteiger partial charge is 0.481 e. The third-order valence-electron chi connectivity index (χ3n) is 8.98. The molecule has 3 aliphatic rings. The van der Waals surface area contributed by atoms with E-state index in [2.05, 4.69) is 19.9 Å². The number of piperidine rings is 1. The van der Waals surface area contributed by atoms with Gasteiger partial charge in [-0.25, -0.2) is 9.97 Å². The van der Waals surface area contributed by atoms with Crippen LogP contribution < -0.4 is 4.90 Å². The number of nitrogens with zero attached hydrogens (tertiary/aromatic N) is 3. The molecule has 9 heteroatoms. The molecule has 190 valence electrons. The highest BCUT2D eigenvalue weighted by molar-refractivity contribution is 5.80. The number of alkyl halides is 3. The number of hydrogen-bond acceptors (Lipinski definition) is 4. The van der Waals surface area contributed by atoms with E-state index < -0.39 is 17.7 Å². The first-order valence-electron chi connectivity index (χ1n) is 12.7. The van der Waals surface area contributed by atoms with Gasteiger partial charge in [0, 0.05) is 24.8 Å². The van der Waals surface area contributed by atoms with Crippen LogP contribution in [0, 0.1) is 23.2 Å². The summed E-state index contributed by atoms with van der Waals surface area (Å²) in [5.41, 5.74) is 0.942. The maximum atomic E-state index is 13.0. The fourth-order valence-electron chi connectivity index (χ4n) is 7.20. The summed E-state index contributed by atoms with van der Waals surface area (Å²) < 4.78 is 39.1. The first-order chi connectivity index (χ1) is 17.2. The highest BCUT2D eigenvalue weighted by Crippen LogP contribution is 2.60. The number of anilines is 1. The van der Waals surface area contributed by atoms with Gasteiger partial charge in [0.05, 0.1) is 22.5 Å². The van der Waals surface area contributed by atoms with Gasteiger partial charge in [0.2, 0.25) is 0 Å². The highest BCUT2D eigenvalue weighted by atomic mass is 19.4. The number of nitrogens with one attached hydrogen (secondary N) is 1. The van der Waals surface area contributed by atoms with Crippen LogP contribution in [0.2, 0.25) is 0 Å². The number of carboxylic acids is 1. The molecular weight excluding hydrogens is 469 g/mol. The fraction of sp³-hybridized carbons (Fsp3) is 0.519. The Kier molecular flexibility index (Phi) is 5.50. The Hall–Kier alpha value is -3.10. The van der Waals surface area contributed by atoms with Gasteiger partial charge in [-0.05, 0) is 79.7 Å². The summed E-state index contributed by atoms with van der Waals surface area (Å²) in [5, 5.41) is 9.83. The Morgan fingerprint density at radius 2 is 1.89 bits per heavy atom. The van der Waals surface area contributed by atoms with E-state index in [9.17, 15) is 23.1 Å². The van der Waals surface area contributed by atoms with Crippen LogP contribution in [-0.4, -0.2) is 39.1 Å². The van der Waals surface area contributed by atoms with Gasteiger partial charge in [-0.15, -0.1) is 0 Å². The summed E-state index contributed by atoms with van der Waals surface area (Å²) in [6, 6.07) is 7.31. The Morgan fingerprint density at radius 3 is 2.58 bits per heavy atom. The number of halogens is 3. The number of rotatable bonds is 3. The summed E-state index contributed by atoms with van der Waals surface area (Å²) in [7, 11) is 0. The minimum atomic E-state index is -4.40. The third-order valence-corrected chi connectivity index (χ3v) is 8.98. The molecule has 1 aromatic carbocycles. The molecule has 2 saturated carbocycles. The summed E-state index contributed by atoms with van der Waals surface area (Å²) in [6.07, 6.45) is 4.66. The summed E-state index contributed by atoms with van der Waals surface area (Å²) in [4.78, 5) is 26.3. The number of aromatic amines is 1. The molecule has 1 spiro atoms. The topological polar surface area (TPSA) is 82.1 Å². The predicted molar refractivity (Wildman–Crippen MR) is 129 cm³/mol. The molecule has 6 rings (SSSR count). The molecule has 3 heterocycles. The van der Waals surface area contributed by atoms with Crippen molar-refractivity contribution in [3.8, 4) is 11.4 Å². The van der Waals surface area contributed by atoms with E-state index in [0.717, 1.165) is 69.6 Å². The second kappa shape index (κ2) is 8.49. The van der Waals surface area contributed by atoms with Crippen LogP contribution in [0.5, 0.6) is 0 Å². The lowest BCUT2D eigenvalue weighted by Crippen LogP contribution is -2.43. The molecule has 3 atom stereocenters. The third kappa shape index (κ3) is 3.92. The van der Waals surface area contributed by atoms with E-state index >= 15 is 0 Å². The van der Waals surface area contributed by atoms with Gasteiger partial charge in [0.25, 0.3) is 0 Å². The van der Waals surface area contributed by atoms with Crippen LogP contribution in [0.1, 0.15) is 50.5 Å². The number of fused-ring (bicyclic) bond motifs is 3. The number of H-pyrrole nitrogens is 1. The minimum absolute atomic E-state index is 0.133. The molecule has 6 nitrogen and oxygen atoms in total. The lowest BCUT2D eigenvalue weighted by atomic mass is 9.65. The Labute approximate surface area is 206 Å². The van der Waals surface area contributed by atoms with E-state index in [1.807, 2.05) is 12.1 Å². The van der Waals surface area contributed by atoms with Crippen molar-refractivity contribution in [1.29, 1.82) is 0 Å². The second-order valence-electron chi connectivity index (χ2n) is 10.8. The van der Waals surface area contributed by atoms with Crippen LogP contribution in [-0.2, 0) is 11.0 Å². The van der Waals surface area contributed by atoms with Crippen molar-refractivity contribution in [2.45, 2.75) is 51.1 Å². The summed E-state index contributed by atoms with van der Waals surface area (Å²) in [5.74, 6) is 1.37. The van der Waals surface area contributed by atoms with Crippen LogP contribution in [0.25, 0.3) is 22.4 Å². The first-order valence-corrected chi connectivity index (χ1v) is 12.7. The first kappa shape index (κ1) is 23.3. The van der Waals surface area contributed by atoms with E-state index in [-0.39, 0.29) is 11.3 Å². The smallest absolute Gasteiger partial charge is 0.416 e.